The molecule has 3 unspecified atom stereocenters. The Labute approximate surface area is 176 Å². The lowest BCUT2D eigenvalue weighted by molar-refractivity contribution is -0.141. The number of hydrogen-bond donors (Lipinski definition) is 2. The molecule has 5 rings (SSSR count). The lowest BCUT2D eigenvalue weighted by atomic mass is 9.96. The fourth-order valence-corrected chi connectivity index (χ4v) is 4.93. The van der Waals surface area contributed by atoms with Crippen LogP contribution in [0.3, 0.4) is 0 Å². The van der Waals surface area contributed by atoms with E-state index in [1.54, 1.807) is 0 Å². The largest absolute Gasteiger partial charge is 0.481 e. The van der Waals surface area contributed by atoms with Crippen LogP contribution in [0.1, 0.15) is 43.6 Å². The second-order valence-electron chi connectivity index (χ2n) is 8.50. The number of rotatable bonds is 4. The molecule has 7 heteroatoms. The molecule has 30 heavy (non-hydrogen) atoms. The molecular weight excluding hydrogens is 380 g/mol. The smallest absolute Gasteiger partial charge is 0.306 e. The molecule has 3 atom stereocenters. The number of nitrogens with zero attached hydrogens (tertiary/aromatic N) is 3. The van der Waals surface area contributed by atoms with E-state index in [-0.39, 0.29) is 12.1 Å². The third-order valence-corrected chi connectivity index (χ3v) is 6.59. The summed E-state index contributed by atoms with van der Waals surface area (Å²) in [4.78, 5) is 23.3. The highest BCUT2D eigenvalue weighted by atomic mass is 16.5. The van der Waals surface area contributed by atoms with E-state index in [0.29, 0.717) is 19.1 Å². The number of anilines is 1. The third kappa shape index (κ3) is 3.86. The zero-order chi connectivity index (χ0) is 20.5. The van der Waals surface area contributed by atoms with Crippen molar-refractivity contribution < 1.29 is 14.6 Å². The van der Waals surface area contributed by atoms with Crippen molar-refractivity contribution in [2.45, 2.75) is 44.2 Å². The lowest BCUT2D eigenvalue weighted by Gasteiger charge is -2.31. The molecule has 0 radical (unpaired) electrons. The van der Waals surface area contributed by atoms with E-state index < -0.39 is 5.97 Å². The predicted molar refractivity (Wildman–Crippen MR) is 116 cm³/mol. The van der Waals surface area contributed by atoms with Crippen LogP contribution in [0.25, 0.3) is 0 Å². The predicted octanol–water partition coefficient (Wildman–Crippen LogP) is 3.26. The van der Waals surface area contributed by atoms with Crippen LogP contribution < -0.4 is 5.32 Å². The molecule has 0 amide bonds. The highest BCUT2D eigenvalue weighted by Crippen LogP contribution is 2.39. The first-order valence-corrected chi connectivity index (χ1v) is 10.9. The van der Waals surface area contributed by atoms with Gasteiger partial charge < -0.3 is 20.1 Å². The molecule has 0 bridgehead atoms. The maximum Gasteiger partial charge on any atom is 0.306 e. The number of ether oxygens (including phenoxy) is 1. The van der Waals surface area contributed by atoms with E-state index in [2.05, 4.69) is 40.6 Å². The van der Waals surface area contributed by atoms with E-state index in [1.165, 1.54) is 11.1 Å². The van der Waals surface area contributed by atoms with Gasteiger partial charge in [-0.2, -0.15) is 0 Å². The van der Waals surface area contributed by atoms with Gasteiger partial charge in [0.25, 0.3) is 0 Å². The molecule has 1 saturated carbocycles. The van der Waals surface area contributed by atoms with Gasteiger partial charge in [-0.1, -0.05) is 18.2 Å². The molecule has 1 aromatic rings. The Bertz CT molecular complexity index is 917. The van der Waals surface area contributed by atoms with Crippen molar-refractivity contribution in [1.82, 2.24) is 4.90 Å². The van der Waals surface area contributed by atoms with Gasteiger partial charge in [-0.15, -0.1) is 0 Å². The minimum Gasteiger partial charge on any atom is -0.481 e. The van der Waals surface area contributed by atoms with E-state index >= 15 is 0 Å². The number of aliphatic carboxylic acids is 1. The summed E-state index contributed by atoms with van der Waals surface area (Å²) in [6.45, 7) is 3.07. The van der Waals surface area contributed by atoms with Crippen LogP contribution in [0.15, 0.2) is 45.9 Å². The van der Waals surface area contributed by atoms with E-state index in [9.17, 15) is 9.90 Å². The van der Waals surface area contributed by atoms with Crippen molar-refractivity contribution in [3.8, 4) is 0 Å². The summed E-state index contributed by atoms with van der Waals surface area (Å²) < 4.78 is 5.47. The van der Waals surface area contributed by atoms with Crippen LogP contribution in [0.5, 0.6) is 0 Å². The number of guanidine groups is 1. The Hall–Kier alpha value is -2.67. The van der Waals surface area contributed by atoms with Crippen LogP contribution in [0.2, 0.25) is 0 Å². The quantitative estimate of drug-likeness (QED) is 0.799. The molecule has 2 heterocycles. The van der Waals surface area contributed by atoms with Crippen molar-refractivity contribution in [3.05, 3.63) is 41.5 Å². The van der Waals surface area contributed by atoms with Crippen LogP contribution in [0, 0.1) is 5.92 Å². The summed E-state index contributed by atoms with van der Waals surface area (Å²) >= 11 is 0. The molecule has 158 valence electrons. The molecule has 2 aliphatic heterocycles. The molecule has 1 saturated heterocycles. The number of fused-ring (bicyclic) bond motifs is 1. The first kappa shape index (κ1) is 19.3. The van der Waals surface area contributed by atoms with Crippen molar-refractivity contribution in [2.24, 2.45) is 15.9 Å². The minimum absolute atomic E-state index is 0.136. The zero-order valence-corrected chi connectivity index (χ0v) is 17.1. The average molecular weight is 409 g/mol. The number of carboxylic acid groups (broad SMARTS) is 1. The first-order valence-electron chi connectivity index (χ1n) is 10.9. The van der Waals surface area contributed by atoms with Crippen LogP contribution in [0.4, 0.5) is 5.69 Å². The summed E-state index contributed by atoms with van der Waals surface area (Å²) in [6.07, 6.45) is 6.51. The molecule has 2 fully saturated rings. The SMILES string of the molecule is O=C(O)C1CCC(c2cccc(NC3N=C(N4CCOCC4)N=C4CCC=C43)c2)C1. The fourth-order valence-electron chi connectivity index (χ4n) is 4.93. The number of hydrogen-bond acceptors (Lipinski definition) is 6. The van der Waals surface area contributed by atoms with Gasteiger partial charge in [-0.3, -0.25) is 4.79 Å². The highest BCUT2D eigenvalue weighted by Gasteiger charge is 2.32. The van der Waals surface area contributed by atoms with Crippen LogP contribution >= 0.6 is 0 Å². The second-order valence-corrected chi connectivity index (χ2v) is 8.50. The van der Waals surface area contributed by atoms with Gasteiger partial charge in [0.1, 0.15) is 6.17 Å². The normalized spacial score (nSPS) is 28.5. The summed E-state index contributed by atoms with van der Waals surface area (Å²) in [7, 11) is 0. The summed E-state index contributed by atoms with van der Waals surface area (Å²) in [5.41, 5.74) is 4.56. The van der Waals surface area contributed by atoms with Gasteiger partial charge >= 0.3 is 5.97 Å². The molecular formula is C23H28N4O3. The topological polar surface area (TPSA) is 86.5 Å². The van der Waals surface area contributed by atoms with Gasteiger partial charge in [0.2, 0.25) is 5.96 Å². The van der Waals surface area contributed by atoms with Gasteiger partial charge in [-0.05, 0) is 55.7 Å². The van der Waals surface area contributed by atoms with Crippen molar-refractivity contribution in [1.29, 1.82) is 0 Å². The average Bonchev–Trinajstić information content (AvgIpc) is 3.45. The summed E-state index contributed by atoms with van der Waals surface area (Å²) in [5.74, 6) is 0.238. The Morgan fingerprint density at radius 2 is 2.10 bits per heavy atom. The van der Waals surface area contributed by atoms with Gasteiger partial charge in [-0.25, -0.2) is 9.98 Å². The number of nitrogens with one attached hydrogen (secondary N) is 1. The van der Waals surface area contributed by atoms with Gasteiger partial charge in [0, 0.05) is 24.4 Å². The van der Waals surface area contributed by atoms with Gasteiger partial charge in [0.15, 0.2) is 0 Å². The van der Waals surface area contributed by atoms with Crippen LogP contribution in [-0.2, 0) is 9.53 Å². The molecule has 1 aromatic carbocycles. The maximum absolute atomic E-state index is 11.3. The van der Waals surface area contributed by atoms with E-state index in [0.717, 1.165) is 62.6 Å². The monoisotopic (exact) mass is 408 g/mol. The summed E-state index contributed by atoms with van der Waals surface area (Å²) in [6, 6.07) is 8.40. The Kier molecular flexibility index (Phi) is 5.29. The number of morpholine rings is 1. The van der Waals surface area contributed by atoms with Crippen molar-refractivity contribution in [2.75, 3.05) is 31.6 Å². The molecule has 2 N–H and O–H groups in total. The molecule has 7 nitrogen and oxygen atoms in total. The fraction of sp³-hybridized carbons (Fsp3) is 0.522. The Balaban J connectivity index is 1.35. The molecule has 4 aliphatic rings. The number of aliphatic imine (C=N–C) groups is 2. The lowest BCUT2D eigenvalue weighted by Crippen LogP contribution is -2.43. The maximum atomic E-state index is 11.3. The number of benzene rings is 1. The second kappa shape index (κ2) is 8.22. The standard InChI is InChI=1S/C23H28N4O3/c28-22(29)17-8-7-16(13-17)15-3-1-4-18(14-15)24-21-19-5-2-6-20(19)25-23(26-21)27-9-11-30-12-10-27/h1,3-5,14,16-17,21,24H,2,6-13H2,(H,28,29). The Morgan fingerprint density at radius 3 is 2.90 bits per heavy atom. The van der Waals surface area contributed by atoms with Crippen molar-refractivity contribution in [3.63, 3.8) is 0 Å². The van der Waals surface area contributed by atoms with E-state index in [1.807, 2.05) is 0 Å². The zero-order valence-electron chi connectivity index (χ0n) is 17.1. The number of allylic oxidation sites excluding steroid dienone is 1. The van der Waals surface area contributed by atoms with Gasteiger partial charge in [0.05, 0.1) is 24.8 Å². The van der Waals surface area contributed by atoms with Crippen LogP contribution in [-0.4, -0.2) is 60.1 Å². The summed E-state index contributed by atoms with van der Waals surface area (Å²) in [5, 5.41) is 12.9. The molecule has 0 spiro atoms. The highest BCUT2D eigenvalue weighted by molar-refractivity contribution is 6.11. The Morgan fingerprint density at radius 1 is 1.23 bits per heavy atom. The third-order valence-electron chi connectivity index (χ3n) is 6.59. The first-order chi connectivity index (χ1) is 14.7. The number of carboxylic acids is 1. The molecule has 0 aromatic heterocycles. The minimum atomic E-state index is -0.668. The molecule has 2 aliphatic carbocycles. The van der Waals surface area contributed by atoms with Crippen molar-refractivity contribution >= 4 is 23.3 Å². The van der Waals surface area contributed by atoms with E-state index in [4.69, 9.17) is 14.7 Å². The number of carbonyl (C=O) groups is 1.